The largest absolute Gasteiger partial charge is 0.469 e. The van der Waals surface area contributed by atoms with Crippen LogP contribution in [0.15, 0.2) is 29.3 Å². The van der Waals surface area contributed by atoms with E-state index in [4.69, 9.17) is 10.2 Å². The standard InChI is InChI=1S/C13H20N4O/c1-11-12(3-6-18-11)7-16(2)8-13-9-17(5-4-14)10-15-13/h3,6,9-10H,4-5,7-8,14H2,1-2H3. The summed E-state index contributed by atoms with van der Waals surface area (Å²) in [6, 6.07) is 2.01. The van der Waals surface area contributed by atoms with Crippen molar-refractivity contribution in [3.8, 4) is 0 Å². The number of furan rings is 1. The van der Waals surface area contributed by atoms with Crippen molar-refractivity contribution in [3.63, 3.8) is 0 Å². The number of imidazole rings is 1. The molecule has 0 aliphatic heterocycles. The molecule has 2 rings (SSSR count). The number of aryl methyl sites for hydroxylation is 1. The van der Waals surface area contributed by atoms with E-state index in [-0.39, 0.29) is 0 Å². The van der Waals surface area contributed by atoms with Gasteiger partial charge in [0.2, 0.25) is 0 Å². The molecule has 0 spiro atoms. The summed E-state index contributed by atoms with van der Waals surface area (Å²) in [5.74, 6) is 0.982. The Morgan fingerprint density at radius 2 is 2.28 bits per heavy atom. The number of nitrogens with zero attached hydrogens (tertiary/aromatic N) is 3. The third-order valence-electron chi connectivity index (χ3n) is 2.91. The second-order valence-electron chi connectivity index (χ2n) is 4.57. The molecule has 0 atom stereocenters. The molecule has 0 saturated heterocycles. The first kappa shape index (κ1) is 12.9. The zero-order valence-corrected chi connectivity index (χ0v) is 11.0. The molecular weight excluding hydrogens is 228 g/mol. The zero-order chi connectivity index (χ0) is 13.0. The van der Waals surface area contributed by atoms with Crippen LogP contribution in [0.5, 0.6) is 0 Å². The van der Waals surface area contributed by atoms with Gasteiger partial charge in [0, 0.05) is 37.9 Å². The van der Waals surface area contributed by atoms with Gasteiger partial charge in [-0.3, -0.25) is 4.90 Å². The summed E-state index contributed by atoms with van der Waals surface area (Å²) >= 11 is 0. The third-order valence-corrected chi connectivity index (χ3v) is 2.91. The molecule has 0 aromatic carbocycles. The summed E-state index contributed by atoms with van der Waals surface area (Å²) in [5, 5.41) is 0. The minimum atomic E-state index is 0.639. The summed E-state index contributed by atoms with van der Waals surface area (Å²) in [7, 11) is 2.08. The highest BCUT2D eigenvalue weighted by Gasteiger charge is 2.07. The lowest BCUT2D eigenvalue weighted by atomic mass is 10.2. The van der Waals surface area contributed by atoms with E-state index in [0.29, 0.717) is 6.54 Å². The van der Waals surface area contributed by atoms with E-state index in [0.717, 1.165) is 31.1 Å². The molecule has 0 radical (unpaired) electrons. The fraction of sp³-hybridized carbons (Fsp3) is 0.462. The second-order valence-corrected chi connectivity index (χ2v) is 4.57. The molecule has 2 N–H and O–H groups in total. The van der Waals surface area contributed by atoms with Crippen molar-refractivity contribution >= 4 is 0 Å². The summed E-state index contributed by atoms with van der Waals surface area (Å²) < 4.78 is 7.31. The van der Waals surface area contributed by atoms with E-state index in [2.05, 4.69) is 16.9 Å². The molecule has 5 heteroatoms. The first-order chi connectivity index (χ1) is 8.69. The zero-order valence-electron chi connectivity index (χ0n) is 11.0. The van der Waals surface area contributed by atoms with Gasteiger partial charge in [0.1, 0.15) is 5.76 Å². The van der Waals surface area contributed by atoms with Gasteiger partial charge in [0.05, 0.1) is 18.3 Å². The molecule has 98 valence electrons. The van der Waals surface area contributed by atoms with Gasteiger partial charge >= 0.3 is 0 Å². The molecule has 0 amide bonds. The normalized spacial score (nSPS) is 11.3. The van der Waals surface area contributed by atoms with E-state index in [1.807, 2.05) is 30.1 Å². The van der Waals surface area contributed by atoms with Crippen LogP contribution < -0.4 is 5.73 Å². The van der Waals surface area contributed by atoms with Gasteiger partial charge in [-0.05, 0) is 20.0 Å². The Labute approximate surface area is 107 Å². The Bertz CT molecular complexity index is 489. The smallest absolute Gasteiger partial charge is 0.105 e. The van der Waals surface area contributed by atoms with Crippen molar-refractivity contribution < 1.29 is 4.42 Å². The van der Waals surface area contributed by atoms with Crippen LogP contribution >= 0.6 is 0 Å². The SMILES string of the molecule is Cc1occc1CN(C)Cc1cn(CCN)cn1. The fourth-order valence-electron chi connectivity index (χ4n) is 1.96. The Hall–Kier alpha value is -1.59. The Kier molecular flexibility index (Phi) is 4.17. The quantitative estimate of drug-likeness (QED) is 0.839. The summed E-state index contributed by atoms with van der Waals surface area (Å²) in [5.41, 5.74) is 7.79. The highest BCUT2D eigenvalue weighted by atomic mass is 16.3. The monoisotopic (exact) mass is 248 g/mol. The molecule has 2 aromatic heterocycles. The molecule has 0 aliphatic rings. The average molecular weight is 248 g/mol. The van der Waals surface area contributed by atoms with Crippen LogP contribution in [0.1, 0.15) is 17.0 Å². The van der Waals surface area contributed by atoms with Gasteiger partial charge in [0.15, 0.2) is 0 Å². The Balaban J connectivity index is 1.90. The van der Waals surface area contributed by atoms with Crippen LogP contribution in [0.4, 0.5) is 0 Å². The Morgan fingerprint density at radius 3 is 2.94 bits per heavy atom. The lowest BCUT2D eigenvalue weighted by molar-refractivity contribution is 0.313. The van der Waals surface area contributed by atoms with E-state index >= 15 is 0 Å². The van der Waals surface area contributed by atoms with Crippen molar-refractivity contribution in [3.05, 3.63) is 41.9 Å². The minimum absolute atomic E-state index is 0.639. The van der Waals surface area contributed by atoms with E-state index < -0.39 is 0 Å². The van der Waals surface area contributed by atoms with Crippen LogP contribution in [-0.2, 0) is 19.6 Å². The predicted molar refractivity (Wildman–Crippen MR) is 69.9 cm³/mol. The van der Waals surface area contributed by atoms with Gasteiger partial charge in [-0.15, -0.1) is 0 Å². The molecular formula is C13H20N4O. The van der Waals surface area contributed by atoms with Gasteiger partial charge in [-0.25, -0.2) is 4.98 Å². The van der Waals surface area contributed by atoms with Crippen molar-refractivity contribution in [1.29, 1.82) is 0 Å². The number of hydrogen-bond acceptors (Lipinski definition) is 4. The molecule has 0 aliphatic carbocycles. The molecule has 2 heterocycles. The van der Waals surface area contributed by atoms with Crippen molar-refractivity contribution in [2.24, 2.45) is 5.73 Å². The van der Waals surface area contributed by atoms with E-state index in [9.17, 15) is 0 Å². The summed E-state index contributed by atoms with van der Waals surface area (Å²) in [6.07, 6.45) is 5.61. The molecule has 0 saturated carbocycles. The predicted octanol–water partition coefficient (Wildman–Crippen LogP) is 1.38. The third kappa shape index (κ3) is 3.21. The fourth-order valence-corrected chi connectivity index (χ4v) is 1.96. The van der Waals surface area contributed by atoms with Crippen LogP contribution in [0.3, 0.4) is 0 Å². The first-order valence-electron chi connectivity index (χ1n) is 6.11. The number of nitrogens with two attached hydrogens (primary N) is 1. The maximum atomic E-state index is 5.51. The van der Waals surface area contributed by atoms with Crippen molar-refractivity contribution in [1.82, 2.24) is 14.5 Å². The highest BCUT2D eigenvalue weighted by molar-refractivity contribution is 5.15. The lowest BCUT2D eigenvalue weighted by Gasteiger charge is -2.14. The van der Waals surface area contributed by atoms with Gasteiger partial charge in [-0.1, -0.05) is 0 Å². The number of rotatable bonds is 6. The average Bonchev–Trinajstić information content (AvgIpc) is 2.90. The minimum Gasteiger partial charge on any atom is -0.469 e. The molecule has 18 heavy (non-hydrogen) atoms. The number of hydrogen-bond donors (Lipinski definition) is 1. The molecule has 2 aromatic rings. The van der Waals surface area contributed by atoms with Crippen LogP contribution in [0.25, 0.3) is 0 Å². The Morgan fingerprint density at radius 1 is 1.44 bits per heavy atom. The van der Waals surface area contributed by atoms with Crippen LogP contribution in [-0.4, -0.2) is 28.0 Å². The lowest BCUT2D eigenvalue weighted by Crippen LogP contribution is -2.17. The van der Waals surface area contributed by atoms with Crippen LogP contribution in [0, 0.1) is 6.92 Å². The molecule has 5 nitrogen and oxygen atoms in total. The van der Waals surface area contributed by atoms with E-state index in [1.54, 1.807) is 6.26 Å². The van der Waals surface area contributed by atoms with Gasteiger partial charge < -0.3 is 14.7 Å². The molecule has 0 unspecified atom stereocenters. The maximum Gasteiger partial charge on any atom is 0.105 e. The topological polar surface area (TPSA) is 60.2 Å². The van der Waals surface area contributed by atoms with Gasteiger partial charge in [0.25, 0.3) is 0 Å². The molecule has 0 fully saturated rings. The number of aromatic nitrogens is 2. The first-order valence-corrected chi connectivity index (χ1v) is 6.11. The maximum absolute atomic E-state index is 5.51. The molecule has 0 bridgehead atoms. The van der Waals surface area contributed by atoms with Gasteiger partial charge in [-0.2, -0.15) is 0 Å². The summed E-state index contributed by atoms with van der Waals surface area (Å²) in [6.45, 7) is 5.13. The van der Waals surface area contributed by atoms with Crippen molar-refractivity contribution in [2.75, 3.05) is 13.6 Å². The van der Waals surface area contributed by atoms with Crippen LogP contribution in [0.2, 0.25) is 0 Å². The van der Waals surface area contributed by atoms with E-state index in [1.165, 1.54) is 5.56 Å². The summed E-state index contributed by atoms with van der Waals surface area (Å²) in [4.78, 5) is 6.58. The highest BCUT2D eigenvalue weighted by Crippen LogP contribution is 2.12. The second kappa shape index (κ2) is 5.84. The van der Waals surface area contributed by atoms with Crippen molar-refractivity contribution in [2.45, 2.75) is 26.6 Å².